The smallest absolute Gasteiger partial charge is 0.412 e. The summed E-state index contributed by atoms with van der Waals surface area (Å²) < 4.78 is 9.99. The zero-order chi connectivity index (χ0) is 19.7. The molecule has 0 aliphatic heterocycles. The summed E-state index contributed by atoms with van der Waals surface area (Å²) >= 11 is 0. The number of urea groups is 1. The summed E-state index contributed by atoms with van der Waals surface area (Å²) in [5.41, 5.74) is 0.851. The van der Waals surface area contributed by atoms with Crippen molar-refractivity contribution in [3.63, 3.8) is 0 Å². The molecule has 0 aromatic heterocycles. The molecule has 1 aromatic carbocycles. The van der Waals surface area contributed by atoms with Crippen molar-refractivity contribution >= 4 is 23.8 Å². The predicted octanol–water partition coefficient (Wildman–Crippen LogP) is 2.78. The van der Waals surface area contributed by atoms with Crippen molar-refractivity contribution in [1.29, 1.82) is 0 Å². The lowest BCUT2D eigenvalue weighted by Crippen LogP contribution is -2.44. The van der Waals surface area contributed by atoms with Crippen molar-refractivity contribution in [2.75, 3.05) is 11.9 Å². The van der Waals surface area contributed by atoms with Crippen LogP contribution in [0.4, 0.5) is 15.3 Å². The van der Waals surface area contributed by atoms with Gasteiger partial charge in [-0.2, -0.15) is 0 Å². The van der Waals surface area contributed by atoms with Gasteiger partial charge in [0.05, 0.1) is 6.61 Å². The molecule has 0 spiro atoms. The van der Waals surface area contributed by atoms with Gasteiger partial charge in [-0.25, -0.2) is 14.4 Å². The second-order valence-electron chi connectivity index (χ2n) is 6.62. The normalized spacial score (nSPS) is 11.9. The summed E-state index contributed by atoms with van der Waals surface area (Å²) in [5.74, 6) is -0.486. The van der Waals surface area contributed by atoms with Crippen molar-refractivity contribution in [2.24, 2.45) is 0 Å². The lowest BCUT2D eigenvalue weighted by atomic mass is 10.2. The minimum Gasteiger partial charge on any atom is -0.464 e. The number of anilines is 1. The highest BCUT2D eigenvalue weighted by molar-refractivity contribution is 5.85. The van der Waals surface area contributed by atoms with Crippen LogP contribution in [0, 0.1) is 0 Å². The summed E-state index contributed by atoms with van der Waals surface area (Å²) in [6, 6.07) is 5.75. The molecular weight excluding hydrogens is 338 g/mol. The van der Waals surface area contributed by atoms with Crippen LogP contribution in [0.5, 0.6) is 0 Å². The van der Waals surface area contributed by atoms with Gasteiger partial charge in [0.25, 0.3) is 0 Å². The summed E-state index contributed by atoms with van der Waals surface area (Å²) in [6.07, 6.45) is -0.532. The van der Waals surface area contributed by atoms with Gasteiger partial charge in [-0.15, -0.1) is 0 Å². The molecule has 0 bridgehead atoms. The Hall–Kier alpha value is -2.77. The van der Waals surface area contributed by atoms with Crippen LogP contribution in [-0.2, 0) is 20.8 Å². The third-order valence-electron chi connectivity index (χ3n) is 3.04. The number of rotatable bonds is 6. The lowest BCUT2D eigenvalue weighted by Gasteiger charge is -2.19. The lowest BCUT2D eigenvalue weighted by molar-refractivity contribution is -0.144. The Morgan fingerprint density at radius 1 is 1.12 bits per heavy atom. The average molecular weight is 365 g/mol. The van der Waals surface area contributed by atoms with Gasteiger partial charge in [0.2, 0.25) is 0 Å². The maximum absolute atomic E-state index is 11.8. The second kappa shape index (κ2) is 9.65. The molecule has 1 rings (SSSR count). The Balaban J connectivity index is 2.44. The van der Waals surface area contributed by atoms with Crippen LogP contribution in [0.2, 0.25) is 0 Å². The summed E-state index contributed by atoms with van der Waals surface area (Å²) in [5, 5.41) is 7.77. The number of nitrogens with one attached hydrogen (secondary N) is 3. The molecule has 0 heterocycles. The Kier molecular flexibility index (Phi) is 7.89. The molecule has 0 aliphatic carbocycles. The van der Waals surface area contributed by atoms with E-state index in [-0.39, 0.29) is 13.2 Å². The Bertz CT molecular complexity index is 623. The fraction of sp³-hybridized carbons (Fsp3) is 0.500. The molecule has 8 heteroatoms. The predicted molar refractivity (Wildman–Crippen MR) is 97.8 cm³/mol. The minimum atomic E-state index is -0.727. The van der Waals surface area contributed by atoms with Gasteiger partial charge in [-0.3, -0.25) is 5.32 Å². The van der Waals surface area contributed by atoms with Crippen LogP contribution in [0.25, 0.3) is 0 Å². The van der Waals surface area contributed by atoms with Crippen LogP contribution in [0.1, 0.15) is 40.2 Å². The number of carbonyl (C=O) groups excluding carboxylic acids is 3. The third kappa shape index (κ3) is 8.36. The van der Waals surface area contributed by atoms with Crippen molar-refractivity contribution in [3.05, 3.63) is 29.8 Å². The maximum atomic E-state index is 11.8. The van der Waals surface area contributed by atoms with Gasteiger partial charge < -0.3 is 20.1 Å². The molecule has 1 aromatic rings. The zero-order valence-corrected chi connectivity index (χ0v) is 15.8. The Morgan fingerprint density at radius 3 is 2.27 bits per heavy atom. The standard InChI is InChI=1S/C18H27N3O5/c1-6-25-15(22)12(2)20-16(23)19-11-13-7-9-14(10-8-13)21-17(24)26-18(3,4)5/h7-10,12H,6,11H2,1-5H3,(H,21,24)(H2,19,20,23). The van der Waals surface area contributed by atoms with Crippen LogP contribution >= 0.6 is 0 Å². The Labute approximate surface area is 153 Å². The van der Waals surface area contributed by atoms with Gasteiger partial charge in [0.1, 0.15) is 11.6 Å². The molecule has 1 unspecified atom stereocenters. The van der Waals surface area contributed by atoms with Crippen molar-refractivity contribution in [3.8, 4) is 0 Å². The van der Waals surface area contributed by atoms with E-state index in [9.17, 15) is 14.4 Å². The van der Waals surface area contributed by atoms with E-state index in [4.69, 9.17) is 9.47 Å². The first kappa shape index (κ1) is 21.3. The van der Waals surface area contributed by atoms with E-state index < -0.39 is 29.7 Å². The monoisotopic (exact) mass is 365 g/mol. The first-order valence-electron chi connectivity index (χ1n) is 8.40. The fourth-order valence-electron chi connectivity index (χ4n) is 1.88. The van der Waals surface area contributed by atoms with Crippen LogP contribution in [-0.4, -0.2) is 36.3 Å². The molecule has 0 radical (unpaired) electrons. The van der Waals surface area contributed by atoms with Gasteiger partial charge in [0.15, 0.2) is 0 Å². The SMILES string of the molecule is CCOC(=O)C(C)NC(=O)NCc1ccc(NC(=O)OC(C)(C)C)cc1. The van der Waals surface area contributed by atoms with E-state index in [0.29, 0.717) is 5.69 Å². The van der Waals surface area contributed by atoms with E-state index in [1.807, 2.05) is 0 Å². The highest BCUT2D eigenvalue weighted by atomic mass is 16.6. The van der Waals surface area contributed by atoms with Crippen LogP contribution in [0.15, 0.2) is 24.3 Å². The van der Waals surface area contributed by atoms with E-state index >= 15 is 0 Å². The van der Waals surface area contributed by atoms with Crippen molar-refractivity contribution < 1.29 is 23.9 Å². The van der Waals surface area contributed by atoms with E-state index in [2.05, 4.69) is 16.0 Å². The summed E-state index contributed by atoms with van der Waals surface area (Å²) in [6.45, 7) is 9.14. The molecule has 26 heavy (non-hydrogen) atoms. The molecule has 0 fully saturated rings. The number of esters is 1. The number of hydrogen-bond acceptors (Lipinski definition) is 5. The average Bonchev–Trinajstić information content (AvgIpc) is 2.52. The van der Waals surface area contributed by atoms with Crippen molar-refractivity contribution in [1.82, 2.24) is 10.6 Å². The first-order chi connectivity index (χ1) is 12.1. The molecule has 8 nitrogen and oxygen atoms in total. The molecule has 1 atom stereocenters. The number of benzene rings is 1. The quantitative estimate of drug-likeness (QED) is 0.672. The van der Waals surface area contributed by atoms with Crippen LogP contribution < -0.4 is 16.0 Å². The molecule has 144 valence electrons. The number of carbonyl (C=O) groups is 3. The van der Waals surface area contributed by atoms with Gasteiger partial charge >= 0.3 is 18.1 Å². The second-order valence-corrected chi connectivity index (χ2v) is 6.62. The molecule has 0 aliphatic rings. The molecule has 0 saturated carbocycles. The highest BCUT2D eigenvalue weighted by Gasteiger charge is 2.17. The van der Waals surface area contributed by atoms with Gasteiger partial charge in [-0.1, -0.05) is 12.1 Å². The summed E-state index contributed by atoms with van der Waals surface area (Å²) in [7, 11) is 0. The number of hydrogen-bond donors (Lipinski definition) is 3. The van der Waals surface area contributed by atoms with Crippen LogP contribution in [0.3, 0.4) is 0 Å². The molecule has 3 N–H and O–H groups in total. The minimum absolute atomic E-state index is 0.260. The fourth-order valence-corrected chi connectivity index (χ4v) is 1.88. The first-order valence-corrected chi connectivity index (χ1v) is 8.40. The van der Waals surface area contributed by atoms with E-state index in [1.54, 1.807) is 58.9 Å². The summed E-state index contributed by atoms with van der Waals surface area (Å²) in [4.78, 5) is 34.9. The number of ether oxygens (including phenoxy) is 2. The molecule has 3 amide bonds. The highest BCUT2D eigenvalue weighted by Crippen LogP contribution is 2.13. The zero-order valence-electron chi connectivity index (χ0n) is 15.8. The van der Waals surface area contributed by atoms with Crippen molar-refractivity contribution in [2.45, 2.75) is 52.8 Å². The molecule has 0 saturated heterocycles. The van der Waals surface area contributed by atoms with E-state index in [0.717, 1.165) is 5.56 Å². The third-order valence-corrected chi connectivity index (χ3v) is 3.04. The van der Waals surface area contributed by atoms with Gasteiger partial charge in [-0.05, 0) is 52.3 Å². The maximum Gasteiger partial charge on any atom is 0.412 e. The van der Waals surface area contributed by atoms with E-state index in [1.165, 1.54) is 0 Å². The molecular formula is C18H27N3O5. The van der Waals surface area contributed by atoms with Gasteiger partial charge in [0, 0.05) is 12.2 Å². The largest absolute Gasteiger partial charge is 0.464 e. The Morgan fingerprint density at radius 2 is 1.73 bits per heavy atom. The number of amides is 3. The topological polar surface area (TPSA) is 106 Å².